The van der Waals surface area contributed by atoms with E-state index in [9.17, 15) is 9.59 Å². The number of nitrogens with zero attached hydrogens (tertiary/aromatic N) is 2. The predicted molar refractivity (Wildman–Crippen MR) is 102 cm³/mol. The summed E-state index contributed by atoms with van der Waals surface area (Å²) in [5.74, 6) is 0.277. The Morgan fingerprint density at radius 1 is 1.16 bits per heavy atom. The van der Waals surface area contributed by atoms with Crippen LogP contribution in [-0.4, -0.2) is 29.0 Å². The Hall–Kier alpha value is -1.97. The predicted octanol–water partition coefficient (Wildman–Crippen LogP) is 4.70. The van der Waals surface area contributed by atoms with Crippen molar-refractivity contribution in [2.24, 2.45) is 16.4 Å². The number of hydrazone groups is 1. The summed E-state index contributed by atoms with van der Waals surface area (Å²) in [6, 6.07) is 9.10. The van der Waals surface area contributed by atoms with Crippen molar-refractivity contribution in [1.29, 1.82) is 0 Å². The van der Waals surface area contributed by atoms with Gasteiger partial charge in [0.1, 0.15) is 6.54 Å². The van der Waals surface area contributed by atoms with Gasteiger partial charge in [0.05, 0.1) is 11.1 Å². The van der Waals surface area contributed by atoms with Gasteiger partial charge in [-0.25, -0.2) is 5.01 Å². The third kappa shape index (κ3) is 3.83. The lowest BCUT2D eigenvalue weighted by Gasteiger charge is -2.35. The maximum absolute atomic E-state index is 13.0. The van der Waals surface area contributed by atoms with E-state index in [1.54, 1.807) is 12.1 Å². The van der Waals surface area contributed by atoms with Crippen molar-refractivity contribution in [2.75, 3.05) is 6.54 Å². The van der Waals surface area contributed by atoms with Crippen LogP contribution in [0, 0.1) is 11.3 Å². The summed E-state index contributed by atoms with van der Waals surface area (Å²) in [6.07, 6.45) is 5.78. The first-order chi connectivity index (χ1) is 12.0. The van der Waals surface area contributed by atoms with E-state index >= 15 is 0 Å². The number of benzene rings is 1. The second kappa shape index (κ2) is 8.41. The van der Waals surface area contributed by atoms with Gasteiger partial charge in [0.15, 0.2) is 5.78 Å². The smallest absolute Gasteiger partial charge is 0.255 e. The molecule has 0 radical (unpaired) electrons. The van der Waals surface area contributed by atoms with Gasteiger partial charge in [-0.3, -0.25) is 9.59 Å². The fraction of sp³-hybridized carbons (Fsp3) is 0.571. The molecular weight excluding hydrogens is 312 g/mol. The lowest BCUT2D eigenvalue weighted by atomic mass is 9.67. The molecule has 0 spiro atoms. The lowest BCUT2D eigenvalue weighted by molar-refractivity contribution is -0.137. The average Bonchev–Trinajstić information content (AvgIpc) is 2.89. The monoisotopic (exact) mass is 342 g/mol. The van der Waals surface area contributed by atoms with Crippen LogP contribution in [0.4, 0.5) is 0 Å². The SMILES string of the molecule is CC.CC1=NN(CC(=O)c2ccccc2)C(=O)C1(C)C1CCCCC1. The van der Waals surface area contributed by atoms with Gasteiger partial charge >= 0.3 is 0 Å². The summed E-state index contributed by atoms with van der Waals surface area (Å²) in [6.45, 7) is 7.97. The molecular formula is C21H30N2O2. The summed E-state index contributed by atoms with van der Waals surface area (Å²) in [5.41, 5.74) is 0.951. The first kappa shape index (κ1) is 19.4. The van der Waals surface area contributed by atoms with Crippen LogP contribution < -0.4 is 0 Å². The van der Waals surface area contributed by atoms with Gasteiger partial charge in [0.25, 0.3) is 5.91 Å². The molecule has 1 heterocycles. The zero-order chi connectivity index (χ0) is 18.4. The average molecular weight is 342 g/mol. The third-order valence-corrected chi connectivity index (χ3v) is 5.51. The zero-order valence-corrected chi connectivity index (χ0v) is 15.9. The van der Waals surface area contributed by atoms with Crippen LogP contribution in [0.3, 0.4) is 0 Å². The highest BCUT2D eigenvalue weighted by Gasteiger charge is 2.50. The molecule has 1 unspecified atom stereocenters. The van der Waals surface area contributed by atoms with Gasteiger partial charge in [-0.15, -0.1) is 0 Å². The molecule has 2 aliphatic rings. The molecule has 1 atom stereocenters. The minimum absolute atomic E-state index is 0.00817. The quantitative estimate of drug-likeness (QED) is 0.745. The van der Waals surface area contributed by atoms with Crippen molar-refractivity contribution in [3.05, 3.63) is 35.9 Å². The molecule has 1 aliphatic carbocycles. The summed E-state index contributed by atoms with van der Waals surface area (Å²) in [7, 11) is 0. The minimum atomic E-state index is -0.530. The van der Waals surface area contributed by atoms with E-state index < -0.39 is 5.41 Å². The van der Waals surface area contributed by atoms with Crippen LogP contribution in [0.25, 0.3) is 0 Å². The van der Waals surface area contributed by atoms with Gasteiger partial charge in [0, 0.05) is 5.56 Å². The van der Waals surface area contributed by atoms with E-state index in [0.29, 0.717) is 11.5 Å². The van der Waals surface area contributed by atoms with Crippen molar-refractivity contribution in [2.45, 2.75) is 59.8 Å². The lowest BCUT2D eigenvalue weighted by Crippen LogP contribution is -2.44. The molecule has 1 amide bonds. The Kier molecular flexibility index (Phi) is 6.51. The zero-order valence-electron chi connectivity index (χ0n) is 15.9. The number of carbonyl (C=O) groups excluding carboxylic acids is 2. The fourth-order valence-corrected chi connectivity index (χ4v) is 3.86. The van der Waals surface area contributed by atoms with E-state index in [2.05, 4.69) is 5.10 Å². The molecule has 1 aliphatic heterocycles. The molecule has 0 N–H and O–H groups in total. The molecule has 1 saturated carbocycles. The molecule has 0 saturated heterocycles. The van der Waals surface area contributed by atoms with E-state index in [4.69, 9.17) is 0 Å². The number of Topliss-reactive ketones (excluding diaryl/α,β-unsaturated/α-hetero) is 1. The first-order valence-electron chi connectivity index (χ1n) is 9.49. The second-order valence-electron chi connectivity index (χ2n) is 6.87. The normalized spacial score (nSPS) is 23.8. The van der Waals surface area contributed by atoms with Crippen LogP contribution in [0.2, 0.25) is 0 Å². The molecule has 0 aromatic heterocycles. The molecule has 3 rings (SSSR count). The Balaban J connectivity index is 0.00000109. The van der Waals surface area contributed by atoms with E-state index in [1.165, 1.54) is 24.3 Å². The van der Waals surface area contributed by atoms with Crippen molar-refractivity contribution in [3.63, 3.8) is 0 Å². The molecule has 4 heteroatoms. The Bertz CT molecular complexity index is 633. The van der Waals surface area contributed by atoms with Crippen molar-refractivity contribution in [1.82, 2.24) is 5.01 Å². The van der Waals surface area contributed by atoms with Crippen LogP contribution >= 0.6 is 0 Å². The van der Waals surface area contributed by atoms with Gasteiger partial charge in [-0.05, 0) is 32.6 Å². The van der Waals surface area contributed by atoms with Gasteiger partial charge in [-0.2, -0.15) is 5.10 Å². The summed E-state index contributed by atoms with van der Waals surface area (Å²) < 4.78 is 0. The molecule has 4 nitrogen and oxygen atoms in total. The third-order valence-electron chi connectivity index (χ3n) is 5.51. The van der Waals surface area contributed by atoms with E-state index in [0.717, 1.165) is 18.6 Å². The highest BCUT2D eigenvalue weighted by atomic mass is 16.2. The summed E-state index contributed by atoms with van der Waals surface area (Å²) in [5, 5.41) is 5.83. The van der Waals surface area contributed by atoms with Gasteiger partial charge < -0.3 is 0 Å². The van der Waals surface area contributed by atoms with Crippen LogP contribution in [0.5, 0.6) is 0 Å². The molecule has 1 aromatic carbocycles. The van der Waals surface area contributed by atoms with Crippen molar-refractivity contribution in [3.8, 4) is 0 Å². The summed E-state index contributed by atoms with van der Waals surface area (Å²) >= 11 is 0. The summed E-state index contributed by atoms with van der Waals surface area (Å²) in [4.78, 5) is 25.3. The van der Waals surface area contributed by atoms with E-state index in [1.807, 2.05) is 45.9 Å². The minimum Gasteiger partial charge on any atom is -0.292 e. The number of rotatable bonds is 4. The molecule has 0 bridgehead atoms. The number of carbonyl (C=O) groups is 2. The first-order valence-corrected chi connectivity index (χ1v) is 9.49. The van der Waals surface area contributed by atoms with Crippen LogP contribution in [0.15, 0.2) is 35.4 Å². The van der Waals surface area contributed by atoms with E-state index in [-0.39, 0.29) is 18.2 Å². The van der Waals surface area contributed by atoms with Gasteiger partial charge in [0.2, 0.25) is 0 Å². The fourth-order valence-electron chi connectivity index (χ4n) is 3.86. The molecule has 136 valence electrons. The molecule has 1 fully saturated rings. The molecule has 25 heavy (non-hydrogen) atoms. The largest absolute Gasteiger partial charge is 0.292 e. The topological polar surface area (TPSA) is 49.7 Å². The number of amides is 1. The number of hydrogen-bond acceptors (Lipinski definition) is 3. The maximum Gasteiger partial charge on any atom is 0.255 e. The number of ketones is 1. The standard InChI is InChI=1S/C19H24N2O2.C2H6/c1-14-19(2,16-11-7-4-8-12-16)18(23)21(20-14)13-17(22)15-9-5-3-6-10-15;1-2/h3,5-6,9-10,16H,4,7-8,11-13H2,1-2H3;1-2H3. The Morgan fingerprint density at radius 2 is 1.76 bits per heavy atom. The highest BCUT2D eigenvalue weighted by molar-refractivity contribution is 6.12. The van der Waals surface area contributed by atoms with Crippen LogP contribution in [0.1, 0.15) is 70.2 Å². The highest BCUT2D eigenvalue weighted by Crippen LogP contribution is 2.43. The Morgan fingerprint density at radius 3 is 2.36 bits per heavy atom. The van der Waals surface area contributed by atoms with Crippen molar-refractivity contribution < 1.29 is 9.59 Å². The van der Waals surface area contributed by atoms with Gasteiger partial charge in [-0.1, -0.05) is 63.4 Å². The number of hydrogen-bond donors (Lipinski definition) is 0. The molecule has 1 aromatic rings. The van der Waals surface area contributed by atoms with Crippen LogP contribution in [-0.2, 0) is 4.79 Å². The second-order valence-corrected chi connectivity index (χ2v) is 6.87. The van der Waals surface area contributed by atoms with Crippen molar-refractivity contribution >= 4 is 17.4 Å². The Labute approximate surface area is 151 Å². The maximum atomic E-state index is 13.0.